The summed E-state index contributed by atoms with van der Waals surface area (Å²) in [6.07, 6.45) is 6.58. The summed E-state index contributed by atoms with van der Waals surface area (Å²) in [6.45, 7) is 5.90. The van der Waals surface area contributed by atoms with Crippen LogP contribution in [0.1, 0.15) is 26.6 Å². The van der Waals surface area contributed by atoms with Crippen molar-refractivity contribution in [2.24, 2.45) is 0 Å². The van der Waals surface area contributed by atoms with Crippen LogP contribution in [0, 0.1) is 5.41 Å². The quantitative estimate of drug-likeness (QED) is 0.427. The van der Waals surface area contributed by atoms with Crippen molar-refractivity contribution in [1.82, 2.24) is 9.55 Å². The molecule has 1 heterocycles. The average Bonchev–Trinajstić information content (AvgIpc) is 2.50. The Kier molecular flexibility index (Phi) is 5.97. The summed E-state index contributed by atoms with van der Waals surface area (Å²) >= 11 is 4.05. The van der Waals surface area contributed by atoms with E-state index >= 15 is 0 Å². The zero-order valence-corrected chi connectivity index (χ0v) is 9.05. The van der Waals surface area contributed by atoms with Crippen molar-refractivity contribution in [3.63, 3.8) is 0 Å². The highest BCUT2D eigenvalue weighted by atomic mass is 32.1. The van der Waals surface area contributed by atoms with Crippen LogP contribution in [0.2, 0.25) is 0 Å². The summed E-state index contributed by atoms with van der Waals surface area (Å²) in [4.78, 5) is 4.06. The zero-order valence-electron chi connectivity index (χ0n) is 8.15. The van der Waals surface area contributed by atoms with Gasteiger partial charge in [-0.25, -0.2) is 4.98 Å². The molecule has 0 amide bonds. The molecular weight excluding hydrogens is 182 g/mol. The molecule has 3 nitrogen and oxygen atoms in total. The highest BCUT2D eigenvalue weighted by molar-refractivity contribution is 7.80. The first-order valence-corrected chi connectivity index (χ1v) is 4.63. The molecule has 0 aliphatic heterocycles. The Morgan fingerprint density at radius 1 is 1.54 bits per heavy atom. The molecule has 0 fully saturated rings. The van der Waals surface area contributed by atoms with Gasteiger partial charge in [-0.1, -0.05) is 19.9 Å². The molecule has 13 heavy (non-hydrogen) atoms. The maximum atomic E-state index is 7.01. The number of hydrogen-bond acceptors (Lipinski definition) is 3. The predicted molar refractivity (Wildman–Crippen MR) is 59.7 cm³/mol. The molecule has 0 atom stereocenters. The molecule has 0 aromatic carbocycles. The third kappa shape index (κ3) is 3.46. The number of allylic oxidation sites excluding steroid dienone is 1. The summed E-state index contributed by atoms with van der Waals surface area (Å²) in [6, 6.07) is 0. The Hall–Kier alpha value is -1.03. The topological polar surface area (TPSA) is 41.7 Å². The number of hydrogen-bond donors (Lipinski definition) is 2. The van der Waals surface area contributed by atoms with E-state index in [1.165, 1.54) is 6.34 Å². The van der Waals surface area contributed by atoms with E-state index in [9.17, 15) is 0 Å². The number of nitrogens with one attached hydrogen (secondary N) is 1. The van der Waals surface area contributed by atoms with E-state index in [0.717, 1.165) is 5.82 Å². The van der Waals surface area contributed by atoms with Gasteiger partial charge in [0.2, 0.25) is 0 Å². The SMILES string of the molecule is C/C=C\c1nc(S)cn1C=N.CC. The molecule has 0 radical (unpaired) electrons. The first-order chi connectivity index (χ1) is 6.27. The Balaban J connectivity index is 0.000000671. The lowest BCUT2D eigenvalue weighted by Crippen LogP contribution is -1.94. The molecule has 0 unspecified atom stereocenters. The number of imidazole rings is 1. The van der Waals surface area contributed by atoms with Gasteiger partial charge >= 0.3 is 0 Å². The van der Waals surface area contributed by atoms with Crippen LogP contribution in [0.4, 0.5) is 0 Å². The maximum Gasteiger partial charge on any atom is 0.138 e. The van der Waals surface area contributed by atoms with E-state index in [2.05, 4.69) is 17.6 Å². The van der Waals surface area contributed by atoms with Gasteiger partial charge in [0.1, 0.15) is 10.9 Å². The lowest BCUT2D eigenvalue weighted by atomic mass is 10.5. The highest BCUT2D eigenvalue weighted by Gasteiger charge is 1.98. The van der Waals surface area contributed by atoms with Crippen LogP contribution in [0.15, 0.2) is 17.3 Å². The van der Waals surface area contributed by atoms with Crippen molar-refractivity contribution >= 4 is 25.0 Å². The van der Waals surface area contributed by atoms with Gasteiger partial charge < -0.3 is 0 Å². The van der Waals surface area contributed by atoms with Crippen LogP contribution in [0.25, 0.3) is 6.08 Å². The van der Waals surface area contributed by atoms with Crippen LogP contribution in [-0.2, 0) is 0 Å². The van der Waals surface area contributed by atoms with Crippen LogP contribution < -0.4 is 0 Å². The highest BCUT2D eigenvalue weighted by Crippen LogP contribution is 2.06. The minimum atomic E-state index is 0.626. The molecule has 4 heteroatoms. The lowest BCUT2D eigenvalue weighted by molar-refractivity contribution is 1.11. The normalized spacial score (nSPS) is 9.54. The van der Waals surface area contributed by atoms with Crippen molar-refractivity contribution in [2.45, 2.75) is 25.8 Å². The van der Waals surface area contributed by atoms with Crippen molar-refractivity contribution in [2.75, 3.05) is 0 Å². The smallest absolute Gasteiger partial charge is 0.138 e. The van der Waals surface area contributed by atoms with Crippen LogP contribution >= 0.6 is 12.6 Å². The summed E-state index contributed by atoms with van der Waals surface area (Å²) < 4.78 is 1.60. The molecule has 1 N–H and O–H groups in total. The average molecular weight is 197 g/mol. The largest absolute Gasteiger partial charge is 0.291 e. The molecule has 1 rings (SSSR count). The first-order valence-electron chi connectivity index (χ1n) is 4.19. The number of rotatable bonds is 2. The molecule has 0 aliphatic carbocycles. The van der Waals surface area contributed by atoms with Gasteiger partial charge in [-0.05, 0) is 13.0 Å². The summed E-state index contributed by atoms with van der Waals surface area (Å²) in [5.41, 5.74) is 0. The van der Waals surface area contributed by atoms with Gasteiger partial charge in [-0.2, -0.15) is 0 Å². The maximum absolute atomic E-state index is 7.01. The first kappa shape index (κ1) is 12.0. The predicted octanol–water partition coefficient (Wildman–Crippen LogP) is 2.69. The van der Waals surface area contributed by atoms with Gasteiger partial charge in [0, 0.05) is 6.20 Å². The fourth-order valence-electron chi connectivity index (χ4n) is 0.770. The molecule has 0 bridgehead atoms. The van der Waals surface area contributed by atoms with Crippen molar-refractivity contribution in [3.05, 3.63) is 18.1 Å². The van der Waals surface area contributed by atoms with Crippen LogP contribution in [0.5, 0.6) is 0 Å². The third-order valence-electron chi connectivity index (χ3n) is 1.20. The second kappa shape index (κ2) is 6.48. The van der Waals surface area contributed by atoms with Gasteiger partial charge in [-0.3, -0.25) is 9.98 Å². The molecule has 0 saturated carbocycles. The molecule has 1 aromatic rings. The fraction of sp³-hybridized carbons (Fsp3) is 0.333. The molecule has 0 saturated heterocycles. The van der Waals surface area contributed by atoms with E-state index in [1.807, 2.05) is 32.9 Å². The number of aromatic nitrogens is 2. The monoisotopic (exact) mass is 197 g/mol. The number of thiol groups is 1. The molecule has 72 valence electrons. The Bertz CT molecular complexity index is 289. The van der Waals surface area contributed by atoms with Gasteiger partial charge in [0.15, 0.2) is 0 Å². The van der Waals surface area contributed by atoms with E-state index in [-0.39, 0.29) is 0 Å². The molecular formula is C9H15N3S. The minimum absolute atomic E-state index is 0.626. The van der Waals surface area contributed by atoms with Crippen LogP contribution in [0.3, 0.4) is 0 Å². The zero-order chi connectivity index (χ0) is 10.3. The Morgan fingerprint density at radius 3 is 2.62 bits per heavy atom. The fourth-order valence-corrected chi connectivity index (χ4v) is 0.997. The minimum Gasteiger partial charge on any atom is -0.291 e. The van der Waals surface area contributed by atoms with E-state index in [0.29, 0.717) is 5.03 Å². The van der Waals surface area contributed by atoms with Gasteiger partial charge in [0.25, 0.3) is 0 Å². The standard InChI is InChI=1S/C7H9N3S.C2H6/c1-2-3-6-9-7(11)4-10(6)5-8;1-2/h2-5,8,11H,1H3;1-2H3/b3-2-,8-5?;. The summed E-state index contributed by atoms with van der Waals surface area (Å²) in [5, 5.41) is 7.63. The molecule has 1 aromatic heterocycles. The van der Waals surface area contributed by atoms with E-state index in [1.54, 1.807) is 10.8 Å². The van der Waals surface area contributed by atoms with Gasteiger partial charge in [0.05, 0.1) is 6.34 Å². The second-order valence-electron chi connectivity index (χ2n) is 1.99. The third-order valence-corrected chi connectivity index (χ3v) is 1.42. The number of nitrogens with zero attached hydrogens (tertiary/aromatic N) is 2. The Labute approximate surface area is 84.4 Å². The van der Waals surface area contributed by atoms with Gasteiger partial charge in [-0.15, -0.1) is 12.6 Å². The van der Waals surface area contributed by atoms with Crippen molar-refractivity contribution in [1.29, 1.82) is 5.41 Å². The molecule has 0 aliphatic rings. The Morgan fingerprint density at radius 2 is 2.15 bits per heavy atom. The van der Waals surface area contributed by atoms with E-state index in [4.69, 9.17) is 5.41 Å². The second-order valence-corrected chi connectivity index (χ2v) is 2.45. The van der Waals surface area contributed by atoms with Crippen molar-refractivity contribution in [3.8, 4) is 0 Å². The lowest BCUT2D eigenvalue weighted by Gasteiger charge is -1.90. The molecule has 0 spiro atoms. The van der Waals surface area contributed by atoms with Crippen LogP contribution in [-0.4, -0.2) is 15.9 Å². The van der Waals surface area contributed by atoms with E-state index < -0.39 is 0 Å². The van der Waals surface area contributed by atoms with Crippen molar-refractivity contribution < 1.29 is 0 Å². The summed E-state index contributed by atoms with van der Waals surface area (Å²) in [7, 11) is 0. The summed E-state index contributed by atoms with van der Waals surface area (Å²) in [5.74, 6) is 0.729.